The molecule has 5 atom stereocenters. The van der Waals surface area contributed by atoms with Crippen LogP contribution in [-0.2, 0) is 13.1 Å². The summed E-state index contributed by atoms with van der Waals surface area (Å²) in [5.41, 5.74) is 12.7. The van der Waals surface area contributed by atoms with Crippen LogP contribution in [0.1, 0.15) is 53.9 Å². The van der Waals surface area contributed by atoms with E-state index >= 15 is 0 Å². The molecule has 2 aromatic heterocycles. The Morgan fingerprint density at radius 3 is 2.52 bits per heavy atom. The van der Waals surface area contributed by atoms with Crippen LogP contribution in [0.4, 0.5) is 0 Å². The second kappa shape index (κ2) is 9.96. The SMILES string of the molecule is COc1cc(C(=O)N2CC3CCC2[C@@H]3N)cc2nc(-c3cc4ccccc4n3CC3CC3)n(CC3CC3c3ccccc3)c12. The van der Waals surface area contributed by atoms with E-state index in [4.69, 9.17) is 15.5 Å². The predicted octanol–water partition coefficient (Wildman–Crippen LogP) is 6.44. The van der Waals surface area contributed by atoms with Gasteiger partial charge >= 0.3 is 0 Å². The maximum absolute atomic E-state index is 13.9. The van der Waals surface area contributed by atoms with E-state index in [0.29, 0.717) is 35.0 Å². The maximum Gasteiger partial charge on any atom is 0.254 e. The first kappa shape index (κ1) is 26.3. The summed E-state index contributed by atoms with van der Waals surface area (Å²) in [7, 11) is 1.71. The minimum Gasteiger partial charge on any atom is -0.494 e. The van der Waals surface area contributed by atoms with Crippen molar-refractivity contribution in [3.05, 3.63) is 83.9 Å². The van der Waals surface area contributed by atoms with Crippen molar-refractivity contribution in [1.82, 2.24) is 19.0 Å². The largest absolute Gasteiger partial charge is 0.494 e. The first-order chi connectivity index (χ1) is 21.6. The number of hydrogen-bond donors (Lipinski definition) is 1. The standard InChI is InChI=1S/C37H39N5O2/c1-44-33-18-26(37(43)41-20-25-13-14-31(41)34(25)38)16-29-35(33)42(21-27-15-28(27)23-7-3-2-4-8-23)36(39-29)32-17-24-9-5-6-10-30(24)40(32)19-22-11-12-22/h2-10,16-18,22,25,27-28,31,34H,11-15,19-21,38H2,1H3/t25?,27?,28?,31?,34-/m1/s1. The van der Waals surface area contributed by atoms with Crippen LogP contribution in [0.5, 0.6) is 5.75 Å². The number of benzene rings is 3. The number of likely N-dealkylation sites (tertiary alicyclic amines) is 1. The highest BCUT2D eigenvalue weighted by Gasteiger charge is 2.47. The van der Waals surface area contributed by atoms with E-state index in [9.17, 15) is 4.79 Å². The van der Waals surface area contributed by atoms with Crippen molar-refractivity contribution in [2.24, 2.45) is 23.5 Å². The molecule has 3 saturated carbocycles. The lowest BCUT2D eigenvalue weighted by Gasteiger charge is -2.27. The Kier molecular flexibility index (Phi) is 5.96. The van der Waals surface area contributed by atoms with E-state index in [1.54, 1.807) is 7.11 Å². The zero-order valence-electron chi connectivity index (χ0n) is 25.2. The van der Waals surface area contributed by atoms with Gasteiger partial charge in [0.2, 0.25) is 0 Å². The molecule has 3 heterocycles. The summed E-state index contributed by atoms with van der Waals surface area (Å²) in [6, 6.07) is 26.0. The van der Waals surface area contributed by atoms with Crippen LogP contribution >= 0.6 is 0 Å². The number of ether oxygens (including phenoxy) is 1. The molecule has 3 aliphatic carbocycles. The molecule has 5 aromatic rings. The Morgan fingerprint density at radius 1 is 0.955 bits per heavy atom. The first-order valence-corrected chi connectivity index (χ1v) is 16.4. The molecule has 7 heteroatoms. The number of para-hydroxylation sites is 1. The third-order valence-electron chi connectivity index (χ3n) is 10.9. The molecule has 4 aliphatic rings. The lowest BCUT2D eigenvalue weighted by molar-refractivity contribution is 0.0700. The summed E-state index contributed by atoms with van der Waals surface area (Å²) in [6.07, 6.45) is 5.83. The molecule has 9 rings (SSSR count). The minimum atomic E-state index is 0.0399. The molecule has 0 spiro atoms. The number of rotatable bonds is 8. The van der Waals surface area contributed by atoms with E-state index in [1.165, 1.54) is 29.3 Å². The molecule has 4 unspecified atom stereocenters. The average molecular weight is 586 g/mol. The van der Waals surface area contributed by atoms with E-state index in [2.05, 4.69) is 69.8 Å². The van der Waals surface area contributed by atoms with Gasteiger partial charge in [-0.25, -0.2) is 4.98 Å². The van der Waals surface area contributed by atoms with Gasteiger partial charge in [0.25, 0.3) is 5.91 Å². The summed E-state index contributed by atoms with van der Waals surface area (Å²) in [4.78, 5) is 21.3. The zero-order chi connectivity index (χ0) is 29.5. The van der Waals surface area contributed by atoms with Gasteiger partial charge in [0, 0.05) is 48.2 Å². The normalized spacial score (nSPS) is 25.8. The Morgan fingerprint density at radius 2 is 1.77 bits per heavy atom. The molecule has 7 nitrogen and oxygen atoms in total. The van der Waals surface area contributed by atoms with Gasteiger partial charge in [0.15, 0.2) is 5.82 Å². The van der Waals surface area contributed by atoms with E-state index < -0.39 is 0 Å². The van der Waals surface area contributed by atoms with E-state index in [-0.39, 0.29) is 18.0 Å². The number of aromatic nitrogens is 3. The van der Waals surface area contributed by atoms with Crippen molar-refractivity contribution in [1.29, 1.82) is 0 Å². The molecule has 1 amide bonds. The lowest BCUT2D eigenvalue weighted by Crippen LogP contribution is -2.41. The van der Waals surface area contributed by atoms with Gasteiger partial charge in [-0.05, 0) is 85.6 Å². The Hall–Kier alpha value is -4.10. The van der Waals surface area contributed by atoms with E-state index in [1.807, 2.05) is 17.0 Å². The van der Waals surface area contributed by atoms with Crippen molar-refractivity contribution in [3.63, 3.8) is 0 Å². The molecule has 3 aromatic carbocycles. The molecule has 2 N–H and O–H groups in total. The van der Waals surface area contributed by atoms with Crippen LogP contribution in [0.25, 0.3) is 33.5 Å². The molecule has 44 heavy (non-hydrogen) atoms. The third-order valence-corrected chi connectivity index (χ3v) is 10.9. The van der Waals surface area contributed by atoms with Crippen LogP contribution in [0.2, 0.25) is 0 Å². The number of fused-ring (bicyclic) bond motifs is 4. The Labute approximate surface area is 257 Å². The fourth-order valence-electron chi connectivity index (χ4n) is 8.27. The van der Waals surface area contributed by atoms with Crippen LogP contribution < -0.4 is 10.5 Å². The fourth-order valence-corrected chi connectivity index (χ4v) is 8.27. The van der Waals surface area contributed by atoms with Crippen molar-refractivity contribution in [2.45, 2.75) is 63.2 Å². The number of amides is 1. The van der Waals surface area contributed by atoms with Gasteiger partial charge in [-0.1, -0.05) is 48.5 Å². The van der Waals surface area contributed by atoms with Crippen molar-refractivity contribution >= 4 is 27.8 Å². The van der Waals surface area contributed by atoms with Gasteiger partial charge in [0.1, 0.15) is 11.3 Å². The molecule has 4 fully saturated rings. The highest BCUT2D eigenvalue weighted by Crippen LogP contribution is 2.50. The number of nitrogens with zero attached hydrogens (tertiary/aromatic N) is 4. The Balaban J connectivity index is 1.18. The molecule has 0 radical (unpaired) electrons. The summed E-state index contributed by atoms with van der Waals surface area (Å²) in [5.74, 6) is 3.89. The van der Waals surface area contributed by atoms with Gasteiger partial charge in [-0.2, -0.15) is 0 Å². The van der Waals surface area contributed by atoms with Gasteiger partial charge in [-0.15, -0.1) is 0 Å². The number of nitrogens with two attached hydrogens (primary N) is 1. The lowest BCUT2D eigenvalue weighted by atomic mass is 10.1. The predicted molar refractivity (Wildman–Crippen MR) is 173 cm³/mol. The zero-order valence-corrected chi connectivity index (χ0v) is 25.2. The summed E-state index contributed by atoms with van der Waals surface area (Å²) in [6.45, 7) is 2.60. The van der Waals surface area contributed by atoms with Crippen molar-refractivity contribution in [3.8, 4) is 17.3 Å². The van der Waals surface area contributed by atoms with Gasteiger partial charge < -0.3 is 24.5 Å². The second-order valence-corrected chi connectivity index (χ2v) is 13.7. The molecular formula is C37H39N5O2. The first-order valence-electron chi connectivity index (χ1n) is 16.4. The fraction of sp³-hybridized carbons (Fsp3) is 0.405. The second-order valence-electron chi connectivity index (χ2n) is 13.7. The summed E-state index contributed by atoms with van der Waals surface area (Å²) < 4.78 is 10.9. The van der Waals surface area contributed by atoms with Crippen LogP contribution in [0, 0.1) is 17.8 Å². The average Bonchev–Trinajstić information content (AvgIpc) is 3.91. The monoisotopic (exact) mass is 585 g/mol. The number of methoxy groups -OCH3 is 1. The number of imidazole rings is 1. The number of hydrogen-bond acceptors (Lipinski definition) is 4. The molecule has 1 saturated heterocycles. The topological polar surface area (TPSA) is 78.3 Å². The van der Waals surface area contributed by atoms with Crippen LogP contribution in [-0.4, -0.2) is 50.7 Å². The number of carbonyl (C=O) groups is 1. The van der Waals surface area contributed by atoms with Crippen molar-refractivity contribution in [2.75, 3.05) is 13.7 Å². The van der Waals surface area contributed by atoms with Gasteiger partial charge in [0.05, 0.1) is 18.3 Å². The molecule has 2 bridgehead atoms. The number of carbonyl (C=O) groups excluding carboxylic acids is 1. The minimum absolute atomic E-state index is 0.0399. The smallest absolute Gasteiger partial charge is 0.254 e. The van der Waals surface area contributed by atoms with E-state index in [0.717, 1.165) is 61.4 Å². The summed E-state index contributed by atoms with van der Waals surface area (Å²) in [5, 5.41) is 1.23. The maximum atomic E-state index is 13.9. The highest BCUT2D eigenvalue weighted by molar-refractivity contribution is 6.00. The Bertz CT molecular complexity index is 1900. The highest BCUT2D eigenvalue weighted by atomic mass is 16.5. The molecule has 1 aliphatic heterocycles. The van der Waals surface area contributed by atoms with Crippen molar-refractivity contribution < 1.29 is 9.53 Å². The molecular weight excluding hydrogens is 546 g/mol. The molecule has 224 valence electrons. The van der Waals surface area contributed by atoms with Gasteiger partial charge in [-0.3, -0.25) is 4.79 Å². The van der Waals surface area contributed by atoms with Crippen LogP contribution in [0.3, 0.4) is 0 Å². The quantitative estimate of drug-likeness (QED) is 0.227. The van der Waals surface area contributed by atoms with Crippen LogP contribution in [0.15, 0.2) is 72.8 Å². The number of piperidine rings is 1. The third kappa shape index (κ3) is 4.20. The summed E-state index contributed by atoms with van der Waals surface area (Å²) >= 11 is 0.